The summed E-state index contributed by atoms with van der Waals surface area (Å²) in [5.74, 6) is 0.886. The van der Waals surface area contributed by atoms with Crippen LogP contribution in [-0.2, 0) is 19.5 Å². The summed E-state index contributed by atoms with van der Waals surface area (Å²) in [6.07, 6.45) is 9.39. The molecule has 3 heteroatoms. The summed E-state index contributed by atoms with van der Waals surface area (Å²) in [4.78, 5) is 0. The number of aromatic nitrogens is 2. The first-order chi connectivity index (χ1) is 9.78. The molecule has 0 radical (unpaired) electrons. The third-order valence-electron chi connectivity index (χ3n) is 4.78. The van der Waals surface area contributed by atoms with Crippen LogP contribution in [0, 0.1) is 5.92 Å². The highest BCUT2D eigenvalue weighted by atomic mass is 15.3. The summed E-state index contributed by atoms with van der Waals surface area (Å²) >= 11 is 0. The van der Waals surface area contributed by atoms with Crippen molar-refractivity contribution in [1.29, 1.82) is 0 Å². The van der Waals surface area contributed by atoms with E-state index in [1.807, 2.05) is 0 Å². The first kappa shape index (κ1) is 15.6. The highest BCUT2D eigenvalue weighted by Gasteiger charge is 2.22. The van der Waals surface area contributed by atoms with Gasteiger partial charge in [-0.1, -0.05) is 33.1 Å². The molecule has 1 aliphatic carbocycles. The summed E-state index contributed by atoms with van der Waals surface area (Å²) in [5, 5.41) is 8.45. The molecule has 1 unspecified atom stereocenters. The molecule has 114 valence electrons. The first-order valence-electron chi connectivity index (χ1n) is 8.57. The number of hydrogen-bond donors (Lipinski definition) is 1. The van der Waals surface area contributed by atoms with E-state index in [0.717, 1.165) is 25.4 Å². The summed E-state index contributed by atoms with van der Waals surface area (Å²) < 4.78 is 2.15. The lowest BCUT2D eigenvalue weighted by Crippen LogP contribution is -2.36. The topological polar surface area (TPSA) is 29.9 Å². The fraction of sp³-hybridized carbons (Fsp3) is 0.824. The number of hydrogen-bond acceptors (Lipinski definition) is 2. The van der Waals surface area contributed by atoms with E-state index in [-0.39, 0.29) is 0 Å². The summed E-state index contributed by atoms with van der Waals surface area (Å²) in [5.41, 5.74) is 2.56. The Morgan fingerprint density at radius 3 is 2.60 bits per heavy atom. The monoisotopic (exact) mass is 277 g/mol. The van der Waals surface area contributed by atoms with Gasteiger partial charge in [0.1, 0.15) is 0 Å². The van der Waals surface area contributed by atoms with Crippen molar-refractivity contribution in [3.05, 3.63) is 17.5 Å². The van der Waals surface area contributed by atoms with Gasteiger partial charge < -0.3 is 5.32 Å². The van der Waals surface area contributed by atoms with Crippen molar-refractivity contribution in [2.75, 3.05) is 0 Å². The van der Waals surface area contributed by atoms with Crippen molar-refractivity contribution in [3.63, 3.8) is 0 Å². The molecular formula is C17H31N3. The number of aryl methyl sites for hydroxylation is 2. The van der Waals surface area contributed by atoms with Crippen molar-refractivity contribution in [1.82, 2.24) is 15.1 Å². The van der Waals surface area contributed by atoms with Crippen LogP contribution in [0.5, 0.6) is 0 Å². The van der Waals surface area contributed by atoms with Crippen molar-refractivity contribution in [2.45, 2.75) is 84.8 Å². The number of rotatable bonds is 7. The molecule has 0 bridgehead atoms. The maximum absolute atomic E-state index is 4.64. The van der Waals surface area contributed by atoms with Crippen molar-refractivity contribution in [3.8, 4) is 0 Å². The second-order valence-electron chi connectivity index (χ2n) is 6.09. The molecule has 0 spiro atoms. The lowest BCUT2D eigenvalue weighted by molar-refractivity contribution is 0.260. The fourth-order valence-electron chi connectivity index (χ4n) is 3.52. The average Bonchev–Trinajstić information content (AvgIpc) is 2.91. The van der Waals surface area contributed by atoms with Crippen LogP contribution in [-0.4, -0.2) is 15.8 Å². The van der Waals surface area contributed by atoms with Gasteiger partial charge in [0.15, 0.2) is 0 Å². The lowest BCUT2D eigenvalue weighted by atomic mass is 9.83. The molecule has 1 aromatic heterocycles. The van der Waals surface area contributed by atoms with Crippen LogP contribution in [0.1, 0.15) is 70.7 Å². The summed E-state index contributed by atoms with van der Waals surface area (Å²) in [7, 11) is 0. The Hall–Kier alpha value is -0.830. The molecule has 1 atom stereocenters. The Bertz CT molecular complexity index is 391. The normalized spacial score (nSPS) is 18.4. The van der Waals surface area contributed by atoms with E-state index in [2.05, 4.69) is 41.9 Å². The lowest BCUT2D eigenvalue weighted by Gasteiger charge is -2.30. The van der Waals surface area contributed by atoms with E-state index in [9.17, 15) is 0 Å². The predicted octanol–water partition coefficient (Wildman–Crippen LogP) is 3.91. The third-order valence-corrected chi connectivity index (χ3v) is 4.78. The van der Waals surface area contributed by atoms with Gasteiger partial charge in [-0.2, -0.15) is 5.10 Å². The molecule has 1 fully saturated rings. The number of nitrogens with zero attached hydrogens (tertiary/aromatic N) is 2. The zero-order chi connectivity index (χ0) is 14.4. The molecule has 1 N–H and O–H groups in total. The van der Waals surface area contributed by atoms with Crippen LogP contribution in [0.15, 0.2) is 6.07 Å². The molecule has 1 saturated carbocycles. The minimum atomic E-state index is 0.681. The van der Waals surface area contributed by atoms with Crippen LogP contribution >= 0.6 is 0 Å². The van der Waals surface area contributed by atoms with Crippen LogP contribution in [0.4, 0.5) is 0 Å². The van der Waals surface area contributed by atoms with E-state index in [0.29, 0.717) is 6.04 Å². The molecule has 3 nitrogen and oxygen atoms in total. The second-order valence-corrected chi connectivity index (χ2v) is 6.09. The van der Waals surface area contributed by atoms with Gasteiger partial charge in [-0.3, -0.25) is 4.68 Å². The minimum Gasteiger partial charge on any atom is -0.308 e. The molecule has 0 aromatic carbocycles. The summed E-state index contributed by atoms with van der Waals surface area (Å²) in [6.45, 7) is 8.61. The van der Waals surface area contributed by atoms with E-state index < -0.39 is 0 Å². The van der Waals surface area contributed by atoms with Gasteiger partial charge in [0.2, 0.25) is 0 Å². The highest BCUT2D eigenvalue weighted by Crippen LogP contribution is 2.27. The first-order valence-corrected chi connectivity index (χ1v) is 8.57. The molecule has 2 rings (SSSR count). The zero-order valence-electron chi connectivity index (χ0n) is 13.5. The Kier molecular flexibility index (Phi) is 6.08. The van der Waals surface area contributed by atoms with Crippen molar-refractivity contribution in [2.24, 2.45) is 5.92 Å². The Balaban J connectivity index is 1.93. The van der Waals surface area contributed by atoms with E-state index in [1.54, 1.807) is 0 Å². The predicted molar refractivity (Wildman–Crippen MR) is 84.8 cm³/mol. The van der Waals surface area contributed by atoms with Crippen LogP contribution < -0.4 is 5.32 Å². The highest BCUT2D eigenvalue weighted by molar-refractivity contribution is 5.10. The standard InChI is InChI=1S/C17H31N3/c1-4-15-12-16(20(6-3)19-15)13-18-17(5-2)14-10-8-7-9-11-14/h12,14,17-18H,4-11,13H2,1-3H3. The zero-order valence-corrected chi connectivity index (χ0v) is 13.5. The van der Waals surface area contributed by atoms with Crippen LogP contribution in [0.25, 0.3) is 0 Å². The van der Waals surface area contributed by atoms with E-state index in [1.165, 1.54) is 49.9 Å². The Morgan fingerprint density at radius 1 is 1.25 bits per heavy atom. The number of nitrogens with one attached hydrogen (secondary N) is 1. The van der Waals surface area contributed by atoms with Gasteiger partial charge in [-0.25, -0.2) is 0 Å². The molecule has 0 aliphatic heterocycles. The maximum atomic E-state index is 4.64. The van der Waals surface area contributed by atoms with Crippen molar-refractivity contribution >= 4 is 0 Å². The molecular weight excluding hydrogens is 246 g/mol. The van der Waals surface area contributed by atoms with Crippen molar-refractivity contribution < 1.29 is 0 Å². The van der Waals surface area contributed by atoms with Gasteiger partial charge in [0.05, 0.1) is 11.4 Å². The van der Waals surface area contributed by atoms with Gasteiger partial charge >= 0.3 is 0 Å². The van der Waals surface area contributed by atoms with Gasteiger partial charge in [0, 0.05) is 19.1 Å². The molecule has 0 amide bonds. The molecule has 1 heterocycles. The van der Waals surface area contributed by atoms with Crippen LogP contribution in [0.2, 0.25) is 0 Å². The average molecular weight is 277 g/mol. The quantitative estimate of drug-likeness (QED) is 0.819. The van der Waals surface area contributed by atoms with Crippen LogP contribution in [0.3, 0.4) is 0 Å². The smallest absolute Gasteiger partial charge is 0.0625 e. The second kappa shape index (κ2) is 7.82. The fourth-order valence-corrected chi connectivity index (χ4v) is 3.52. The maximum Gasteiger partial charge on any atom is 0.0625 e. The molecule has 1 aliphatic rings. The van der Waals surface area contributed by atoms with E-state index in [4.69, 9.17) is 0 Å². The van der Waals surface area contributed by atoms with E-state index >= 15 is 0 Å². The molecule has 0 saturated heterocycles. The van der Waals surface area contributed by atoms with Gasteiger partial charge in [0.25, 0.3) is 0 Å². The van der Waals surface area contributed by atoms with Gasteiger partial charge in [-0.15, -0.1) is 0 Å². The minimum absolute atomic E-state index is 0.681. The third kappa shape index (κ3) is 3.85. The molecule has 1 aromatic rings. The molecule has 20 heavy (non-hydrogen) atoms. The summed E-state index contributed by atoms with van der Waals surface area (Å²) in [6, 6.07) is 2.95. The SMILES string of the molecule is CCc1cc(CNC(CC)C2CCCCC2)n(CC)n1. The largest absolute Gasteiger partial charge is 0.308 e. The Morgan fingerprint density at radius 2 is 2.00 bits per heavy atom. The van der Waals surface area contributed by atoms with Gasteiger partial charge in [-0.05, 0) is 44.6 Å². The Labute approximate surface area is 124 Å².